The van der Waals surface area contributed by atoms with Crippen LogP contribution in [0, 0.1) is 50.0 Å². The van der Waals surface area contributed by atoms with E-state index in [1.807, 2.05) is 19.9 Å². The monoisotopic (exact) mass is 786 g/mol. The van der Waals surface area contributed by atoms with E-state index in [1.54, 1.807) is 18.2 Å². The summed E-state index contributed by atoms with van der Waals surface area (Å²) in [6, 6.07) is 8.96. The molecule has 0 bridgehead atoms. The van der Waals surface area contributed by atoms with Gasteiger partial charge in [-0.3, -0.25) is 0 Å². The lowest BCUT2D eigenvalue weighted by molar-refractivity contribution is -0.162. The Hall–Kier alpha value is -7.47. The van der Waals surface area contributed by atoms with E-state index >= 15 is 0 Å². The fourth-order valence-electron chi connectivity index (χ4n) is 5.75. The smallest absolute Gasteiger partial charge is 0.238 e. The normalized spacial score (nSPS) is 14.9. The summed E-state index contributed by atoms with van der Waals surface area (Å²) in [5.41, 5.74) is -5.46. The number of allylic oxidation sites excluding steroid dienone is 2. The molecule has 0 N–H and O–H groups in total. The zero-order valence-electron chi connectivity index (χ0n) is 28.7. The van der Waals surface area contributed by atoms with E-state index in [-0.39, 0.29) is 34.2 Å². The molecule has 1 aromatic heterocycles. The van der Waals surface area contributed by atoms with Crippen LogP contribution in [0.3, 0.4) is 0 Å². The largest absolute Gasteiger partial charge is 0.417 e. The molecule has 21 heteroatoms. The molecule has 57 heavy (non-hydrogen) atoms. The summed E-state index contributed by atoms with van der Waals surface area (Å²) in [5.74, 6) is -3.37. The molecule has 12 nitrogen and oxygen atoms in total. The van der Waals surface area contributed by atoms with E-state index in [2.05, 4.69) is 49.8 Å². The van der Waals surface area contributed by atoms with Gasteiger partial charge in [0.15, 0.2) is 34.9 Å². The molecule has 282 valence electrons. The van der Waals surface area contributed by atoms with E-state index in [0.29, 0.717) is 10.7 Å². The molecule has 0 atom stereocenters. The maximum absolute atomic E-state index is 13.7. The molecule has 0 amide bonds. The molecular weight excluding hydrogens is 771 g/mol. The van der Waals surface area contributed by atoms with Crippen LogP contribution in [0.1, 0.15) is 50.9 Å². The minimum absolute atomic E-state index is 0.0458. The third-order valence-electron chi connectivity index (χ3n) is 8.59. The minimum Gasteiger partial charge on any atom is -0.238 e. The van der Waals surface area contributed by atoms with Gasteiger partial charge in [-0.05, 0) is 73.9 Å². The van der Waals surface area contributed by atoms with E-state index in [1.165, 1.54) is 6.92 Å². The highest BCUT2D eigenvalue weighted by Gasteiger charge is 2.43. The van der Waals surface area contributed by atoms with Gasteiger partial charge in [-0.15, -0.1) is 0 Å². The van der Waals surface area contributed by atoms with Crippen molar-refractivity contribution in [1.82, 2.24) is 15.0 Å². The number of nitriles is 2. The Morgan fingerprint density at radius 3 is 1.16 bits per heavy atom. The minimum atomic E-state index is -5.46. The quantitative estimate of drug-likeness (QED) is 0.168. The first-order valence-electron chi connectivity index (χ1n) is 15.8. The standard InChI is InChI=1S/C36H15F9N12/c1-13-5-21-22(6-14(13)2)50-28(49-21)16(11-46)30-55-31(17(12-47)29-51-25-9-19(35(40,41)42)20(36(43,44)45)10-26(25)52-29)57-33(56-30)27(48-4)32-53-23-7-15(3)18(34(37,38)39)8-24(23)54-32/h5-10H,1-3H3/b32-27+. The molecule has 4 aromatic rings. The van der Waals surface area contributed by atoms with Crippen molar-refractivity contribution in [3.63, 3.8) is 0 Å². The Morgan fingerprint density at radius 1 is 0.491 bits per heavy atom. The molecule has 0 aliphatic carbocycles. The lowest BCUT2D eigenvalue weighted by Gasteiger charge is -2.14. The van der Waals surface area contributed by atoms with E-state index < -0.39 is 91.9 Å². The summed E-state index contributed by atoms with van der Waals surface area (Å²) in [6.07, 6.45) is -15.7. The zero-order valence-corrected chi connectivity index (χ0v) is 28.7. The van der Waals surface area contributed by atoms with E-state index in [0.717, 1.165) is 23.3 Å². The van der Waals surface area contributed by atoms with Crippen molar-refractivity contribution in [3.05, 3.63) is 148 Å². The summed E-state index contributed by atoms with van der Waals surface area (Å²) >= 11 is 0. The van der Waals surface area contributed by atoms with Gasteiger partial charge in [-0.2, -0.15) is 50.0 Å². The number of hydrogen-bond donors (Lipinski definition) is 0. The summed E-state index contributed by atoms with van der Waals surface area (Å²) < 4.78 is 123. The molecule has 0 spiro atoms. The molecule has 3 aliphatic rings. The van der Waals surface area contributed by atoms with Gasteiger partial charge in [0.1, 0.15) is 23.3 Å². The SMILES string of the molecule is [C-]#[N+]/C(=C1\N=c2cc(C)c(C(F)(F)F)cc2=N1)c1nc(C(C#N)=C2N=c3cc(C)c(C)cc3=N2)nc(C(C#N)=C2N=c3cc(C(F)(F)F)c(C(F)(F)F)cc3=N2)n1. The Morgan fingerprint density at radius 2 is 0.807 bits per heavy atom. The summed E-state index contributed by atoms with van der Waals surface area (Å²) in [7, 11) is 0. The second-order valence-corrected chi connectivity index (χ2v) is 12.3. The zero-order chi connectivity index (χ0) is 41.4. The number of alkyl halides is 9. The van der Waals surface area contributed by atoms with Crippen LogP contribution in [0.4, 0.5) is 39.5 Å². The fraction of sp³-hybridized carbons (Fsp3) is 0.167. The van der Waals surface area contributed by atoms with E-state index in [9.17, 15) is 50.0 Å². The highest BCUT2D eigenvalue weighted by molar-refractivity contribution is 5.80. The second kappa shape index (κ2) is 13.1. The van der Waals surface area contributed by atoms with Crippen LogP contribution >= 0.6 is 0 Å². The lowest BCUT2D eigenvalue weighted by Crippen LogP contribution is -2.29. The van der Waals surface area contributed by atoms with Gasteiger partial charge < -0.3 is 0 Å². The number of fused-ring (bicyclic) bond motifs is 3. The summed E-state index contributed by atoms with van der Waals surface area (Å²) in [6.45, 7) is 12.8. The molecule has 0 saturated heterocycles. The van der Waals surface area contributed by atoms with Crippen molar-refractivity contribution >= 4 is 16.8 Å². The molecule has 0 saturated carbocycles. The molecule has 4 heterocycles. The third-order valence-corrected chi connectivity index (χ3v) is 8.59. The Kier molecular flexibility index (Phi) is 8.69. The van der Waals surface area contributed by atoms with Crippen LogP contribution in [0.2, 0.25) is 0 Å². The summed E-state index contributed by atoms with van der Waals surface area (Å²) in [4.78, 5) is 40.6. The second-order valence-electron chi connectivity index (χ2n) is 12.3. The van der Waals surface area contributed by atoms with Crippen molar-refractivity contribution in [2.24, 2.45) is 30.0 Å². The molecule has 0 fully saturated rings. The topological polar surface area (TPSA) is 165 Å². The average molecular weight is 787 g/mol. The third kappa shape index (κ3) is 6.78. The molecule has 0 radical (unpaired) electrons. The van der Waals surface area contributed by atoms with Crippen molar-refractivity contribution in [2.45, 2.75) is 39.3 Å². The van der Waals surface area contributed by atoms with E-state index in [4.69, 9.17) is 6.57 Å². The number of halogens is 9. The first kappa shape index (κ1) is 37.8. The van der Waals surface area contributed by atoms with Crippen LogP contribution in [-0.2, 0) is 18.5 Å². The summed E-state index contributed by atoms with van der Waals surface area (Å²) in [5, 5.41) is 19.7. The van der Waals surface area contributed by atoms with Gasteiger partial charge in [0, 0.05) is 0 Å². The van der Waals surface area contributed by atoms with Crippen LogP contribution in [0.25, 0.3) is 21.7 Å². The van der Waals surface area contributed by atoms with Crippen LogP contribution in [0.15, 0.2) is 83.8 Å². The number of benzene rings is 3. The number of aromatic nitrogens is 3. The van der Waals surface area contributed by atoms with Crippen LogP contribution in [0.5, 0.6) is 0 Å². The molecule has 3 aromatic carbocycles. The highest BCUT2D eigenvalue weighted by Crippen LogP contribution is 2.39. The maximum Gasteiger partial charge on any atom is 0.417 e. The van der Waals surface area contributed by atoms with Crippen molar-refractivity contribution < 1.29 is 39.5 Å². The van der Waals surface area contributed by atoms with Crippen molar-refractivity contribution in [1.29, 1.82) is 10.5 Å². The Balaban J connectivity index is 1.50. The molecule has 7 rings (SSSR count). The fourth-order valence-corrected chi connectivity index (χ4v) is 5.75. The van der Waals surface area contributed by atoms with Crippen LogP contribution < -0.4 is 32.1 Å². The first-order valence-corrected chi connectivity index (χ1v) is 15.8. The predicted octanol–water partition coefficient (Wildman–Crippen LogP) is 4.64. The van der Waals surface area contributed by atoms with Crippen LogP contribution in [-0.4, -0.2) is 15.0 Å². The molecule has 0 unspecified atom stereocenters. The van der Waals surface area contributed by atoms with Crippen molar-refractivity contribution in [3.8, 4) is 12.1 Å². The van der Waals surface area contributed by atoms with Gasteiger partial charge in [0.2, 0.25) is 0 Å². The van der Waals surface area contributed by atoms with Gasteiger partial charge in [-0.1, -0.05) is 0 Å². The number of aryl methyl sites for hydroxylation is 3. The number of nitrogens with zero attached hydrogens (tertiary/aromatic N) is 12. The number of rotatable bonds is 3. The lowest BCUT2D eigenvalue weighted by atomic mass is 10.1. The predicted molar refractivity (Wildman–Crippen MR) is 174 cm³/mol. The molecular formula is C36H15F9N12. The van der Waals surface area contributed by atoms with Gasteiger partial charge in [0.25, 0.3) is 5.70 Å². The Labute approximate surface area is 311 Å². The maximum atomic E-state index is 13.7. The van der Waals surface area contributed by atoms with Gasteiger partial charge in [0.05, 0.1) is 55.4 Å². The first-order chi connectivity index (χ1) is 26.7. The van der Waals surface area contributed by atoms with Crippen molar-refractivity contribution in [2.75, 3.05) is 0 Å². The Bertz CT molecular complexity index is 3060. The molecule has 3 aliphatic heterocycles. The highest BCUT2D eigenvalue weighted by atomic mass is 19.4. The number of hydrogen-bond acceptors (Lipinski definition) is 11. The average Bonchev–Trinajstić information content (AvgIpc) is 3.83. The van der Waals surface area contributed by atoms with Gasteiger partial charge >= 0.3 is 18.5 Å². The van der Waals surface area contributed by atoms with Gasteiger partial charge in [-0.25, -0.2) is 49.8 Å².